The molecule has 1 fully saturated rings. The molecule has 0 saturated heterocycles. The van der Waals surface area contributed by atoms with Crippen LogP contribution in [0, 0.1) is 18.7 Å². The summed E-state index contributed by atoms with van der Waals surface area (Å²) in [6.07, 6.45) is 15.3. The van der Waals surface area contributed by atoms with E-state index in [0.717, 1.165) is 80.0 Å². The molecule has 3 aromatic heterocycles. The highest BCUT2D eigenvalue weighted by molar-refractivity contribution is 6.01. The summed E-state index contributed by atoms with van der Waals surface area (Å²) in [6, 6.07) is 13.5. The fourth-order valence-corrected chi connectivity index (χ4v) is 6.05. The van der Waals surface area contributed by atoms with Crippen molar-refractivity contribution in [2.24, 2.45) is 5.92 Å². The Hall–Kier alpha value is -4.29. The fraction of sp³-hybridized carbons (Fsp3) is 0.257. The maximum atomic E-state index is 14.2. The van der Waals surface area contributed by atoms with Crippen molar-refractivity contribution in [3.05, 3.63) is 102 Å². The van der Waals surface area contributed by atoms with Crippen molar-refractivity contribution >= 4 is 27.4 Å². The molecule has 3 heterocycles. The van der Waals surface area contributed by atoms with E-state index in [1.807, 2.05) is 19.1 Å². The number of fused-ring (bicyclic) bond motifs is 2. The van der Waals surface area contributed by atoms with E-state index >= 15 is 0 Å². The second-order valence-corrected chi connectivity index (χ2v) is 11.1. The van der Waals surface area contributed by atoms with Crippen LogP contribution in [-0.2, 0) is 0 Å². The predicted octanol–water partition coefficient (Wildman–Crippen LogP) is 8.52. The minimum Gasteiger partial charge on any atom is -0.352 e. The minimum absolute atomic E-state index is 0.253. The number of H-pyrrole nitrogens is 2. The van der Waals surface area contributed by atoms with E-state index in [1.54, 1.807) is 18.5 Å². The number of aromatic amines is 2. The summed E-state index contributed by atoms with van der Waals surface area (Å²) < 4.78 is 14.2. The van der Waals surface area contributed by atoms with Crippen molar-refractivity contribution in [1.29, 1.82) is 0 Å². The molecule has 6 rings (SSSR count). The SMILES string of the molecule is C=C/C(=C\C(=C/C)c1ccc2[nH]nc(-c3cc4c(-c5cc(C)cc(F)c5)cncc4[nH]3)c2c1)CNCC1CCCC1. The van der Waals surface area contributed by atoms with Crippen LogP contribution in [0.4, 0.5) is 4.39 Å². The van der Waals surface area contributed by atoms with Crippen LogP contribution < -0.4 is 5.32 Å². The monoisotopic (exact) mass is 545 g/mol. The first kappa shape index (κ1) is 26.9. The van der Waals surface area contributed by atoms with Crippen LogP contribution in [0.5, 0.6) is 0 Å². The zero-order chi connectivity index (χ0) is 28.3. The molecule has 3 N–H and O–H groups in total. The quantitative estimate of drug-likeness (QED) is 0.163. The zero-order valence-electron chi connectivity index (χ0n) is 23.7. The van der Waals surface area contributed by atoms with Crippen LogP contribution in [-0.4, -0.2) is 33.3 Å². The number of aryl methyl sites for hydroxylation is 1. The molecule has 208 valence electrons. The summed E-state index contributed by atoms with van der Waals surface area (Å²) in [6.45, 7) is 9.92. The minimum atomic E-state index is -0.253. The molecule has 0 radical (unpaired) electrons. The Morgan fingerprint density at radius 3 is 2.71 bits per heavy atom. The Balaban J connectivity index is 1.32. The highest BCUT2D eigenvalue weighted by atomic mass is 19.1. The Morgan fingerprint density at radius 2 is 1.93 bits per heavy atom. The topological polar surface area (TPSA) is 69.4 Å². The lowest BCUT2D eigenvalue weighted by molar-refractivity contribution is 0.503. The normalized spacial score (nSPS) is 14.9. The lowest BCUT2D eigenvalue weighted by atomic mass is 9.99. The van der Waals surface area contributed by atoms with Gasteiger partial charge in [-0.3, -0.25) is 10.1 Å². The Labute approximate surface area is 240 Å². The average molecular weight is 546 g/mol. The third kappa shape index (κ3) is 5.66. The van der Waals surface area contributed by atoms with E-state index in [9.17, 15) is 4.39 Å². The summed E-state index contributed by atoms with van der Waals surface area (Å²) in [5.41, 5.74) is 9.55. The number of benzene rings is 2. The third-order valence-corrected chi connectivity index (χ3v) is 8.20. The third-order valence-electron chi connectivity index (χ3n) is 8.20. The Bertz CT molecular complexity index is 1760. The predicted molar refractivity (Wildman–Crippen MR) is 168 cm³/mol. The van der Waals surface area contributed by atoms with E-state index < -0.39 is 0 Å². The van der Waals surface area contributed by atoms with Gasteiger partial charge >= 0.3 is 0 Å². The number of aromatic nitrogens is 4. The Morgan fingerprint density at radius 1 is 1.07 bits per heavy atom. The largest absolute Gasteiger partial charge is 0.352 e. The van der Waals surface area contributed by atoms with Crippen LogP contribution in [0.3, 0.4) is 0 Å². The number of hydrogen-bond acceptors (Lipinski definition) is 3. The van der Waals surface area contributed by atoms with Crippen molar-refractivity contribution in [2.45, 2.75) is 39.5 Å². The van der Waals surface area contributed by atoms with E-state index in [-0.39, 0.29) is 5.82 Å². The number of nitrogens with zero attached hydrogens (tertiary/aromatic N) is 2. The summed E-state index contributed by atoms with van der Waals surface area (Å²) in [7, 11) is 0. The zero-order valence-corrected chi connectivity index (χ0v) is 23.7. The van der Waals surface area contributed by atoms with Crippen molar-refractivity contribution in [1.82, 2.24) is 25.5 Å². The Kier molecular flexibility index (Phi) is 7.66. The molecular weight excluding hydrogens is 509 g/mol. The van der Waals surface area contributed by atoms with Gasteiger partial charge in [0, 0.05) is 29.1 Å². The summed E-state index contributed by atoms with van der Waals surface area (Å²) in [5.74, 6) is 0.551. The van der Waals surface area contributed by atoms with Crippen LogP contribution in [0.2, 0.25) is 0 Å². The van der Waals surface area contributed by atoms with Gasteiger partial charge < -0.3 is 10.3 Å². The molecule has 0 spiro atoms. The molecular formula is C35H36FN5. The van der Waals surface area contributed by atoms with Gasteiger partial charge in [0.25, 0.3) is 0 Å². The molecule has 2 aromatic carbocycles. The standard InChI is InChI=1S/C35H36FN5/c1-4-23(18-37-19-24-8-6-7-9-24)14-25(5-2)26-10-11-32-30(16-26)35(41-40-32)33-17-29-31(20-38-21-34(29)39-33)27-12-22(3)13-28(36)15-27/h4-5,10-17,20-21,24,37,39H,1,6-9,18-19H2,2-3H3,(H,40,41)/b23-14+,25-5+. The van der Waals surface area contributed by atoms with Crippen molar-refractivity contribution in [2.75, 3.05) is 13.1 Å². The first-order valence-electron chi connectivity index (χ1n) is 14.5. The van der Waals surface area contributed by atoms with Gasteiger partial charge in [0.15, 0.2) is 0 Å². The van der Waals surface area contributed by atoms with Gasteiger partial charge in [-0.25, -0.2) is 4.39 Å². The lowest BCUT2D eigenvalue weighted by Crippen LogP contribution is -2.23. The maximum Gasteiger partial charge on any atom is 0.124 e. The van der Waals surface area contributed by atoms with E-state index in [1.165, 1.54) is 37.3 Å². The molecule has 5 nitrogen and oxygen atoms in total. The van der Waals surface area contributed by atoms with E-state index in [2.05, 4.69) is 75.4 Å². The smallest absolute Gasteiger partial charge is 0.124 e. The van der Waals surface area contributed by atoms with E-state index in [0.29, 0.717) is 0 Å². The molecule has 0 atom stereocenters. The van der Waals surface area contributed by atoms with Crippen molar-refractivity contribution < 1.29 is 4.39 Å². The van der Waals surface area contributed by atoms with Gasteiger partial charge in [-0.05, 0) is 97.3 Å². The van der Waals surface area contributed by atoms with Gasteiger partial charge in [-0.1, -0.05) is 49.8 Å². The van der Waals surface area contributed by atoms with Gasteiger partial charge in [0.2, 0.25) is 0 Å². The van der Waals surface area contributed by atoms with Crippen LogP contribution in [0.25, 0.3) is 49.9 Å². The average Bonchev–Trinajstić information content (AvgIpc) is 3.73. The highest BCUT2D eigenvalue weighted by Gasteiger charge is 2.16. The molecule has 0 aliphatic heterocycles. The lowest BCUT2D eigenvalue weighted by Gasteiger charge is -2.12. The van der Waals surface area contributed by atoms with Gasteiger partial charge in [-0.15, -0.1) is 0 Å². The number of allylic oxidation sites excluding steroid dienone is 3. The van der Waals surface area contributed by atoms with Gasteiger partial charge in [0.05, 0.1) is 22.9 Å². The first-order valence-corrected chi connectivity index (χ1v) is 14.5. The number of hydrogen-bond donors (Lipinski definition) is 3. The summed E-state index contributed by atoms with van der Waals surface area (Å²) >= 11 is 0. The second kappa shape index (κ2) is 11.7. The summed E-state index contributed by atoms with van der Waals surface area (Å²) in [4.78, 5) is 7.92. The number of pyridine rings is 1. The van der Waals surface area contributed by atoms with Gasteiger partial charge in [0.1, 0.15) is 11.5 Å². The van der Waals surface area contributed by atoms with Crippen molar-refractivity contribution in [3.63, 3.8) is 0 Å². The van der Waals surface area contributed by atoms with E-state index in [4.69, 9.17) is 0 Å². The van der Waals surface area contributed by atoms with Crippen LogP contribution in [0.1, 0.15) is 43.7 Å². The molecule has 0 unspecified atom stereocenters. The molecule has 6 heteroatoms. The molecule has 1 aliphatic carbocycles. The maximum absolute atomic E-state index is 14.2. The molecule has 0 amide bonds. The number of halogens is 1. The molecule has 5 aromatic rings. The summed E-state index contributed by atoms with van der Waals surface area (Å²) in [5, 5.41) is 13.5. The first-order chi connectivity index (χ1) is 20.0. The molecule has 1 saturated carbocycles. The van der Waals surface area contributed by atoms with Crippen LogP contribution >= 0.6 is 0 Å². The molecule has 41 heavy (non-hydrogen) atoms. The second-order valence-electron chi connectivity index (χ2n) is 11.1. The van der Waals surface area contributed by atoms with Crippen LogP contribution in [0.15, 0.2) is 85.2 Å². The highest BCUT2D eigenvalue weighted by Crippen LogP contribution is 2.35. The van der Waals surface area contributed by atoms with Gasteiger partial charge in [-0.2, -0.15) is 5.10 Å². The molecule has 0 bridgehead atoms. The molecule has 1 aliphatic rings. The number of nitrogens with one attached hydrogen (secondary N) is 3. The fourth-order valence-electron chi connectivity index (χ4n) is 6.05. The number of rotatable bonds is 9. The van der Waals surface area contributed by atoms with Crippen molar-refractivity contribution in [3.8, 4) is 22.5 Å².